The Bertz CT molecular complexity index is 413. The number of hydrogen-bond donors (Lipinski definition) is 0. The van der Waals surface area contributed by atoms with Crippen molar-refractivity contribution in [1.29, 1.82) is 0 Å². The van der Waals surface area contributed by atoms with Crippen LogP contribution in [0, 0.1) is 0 Å². The molecule has 108 valence electrons. The Morgan fingerprint density at radius 2 is 2.00 bits per heavy atom. The normalized spacial score (nSPS) is 11.3. The first-order valence-corrected chi connectivity index (χ1v) is 5.89. The lowest BCUT2D eigenvalue weighted by molar-refractivity contribution is -0.0748. The van der Waals surface area contributed by atoms with Gasteiger partial charge in [-0.15, -0.1) is 0 Å². The van der Waals surface area contributed by atoms with Crippen molar-refractivity contribution < 1.29 is 19.0 Å². The van der Waals surface area contributed by atoms with Crippen LogP contribution in [-0.2, 0) is 16.0 Å². The Hall–Kier alpha value is -1.44. The quantitative estimate of drug-likeness (QED) is 0.499. The molecule has 0 radical (unpaired) electrons. The number of hydrogen-bond acceptors (Lipinski definition) is 6. The lowest BCUT2D eigenvalue weighted by atomic mass is 10.2. The van der Waals surface area contributed by atoms with Crippen LogP contribution in [0.2, 0.25) is 0 Å². The minimum atomic E-state index is -0.955. The van der Waals surface area contributed by atoms with Gasteiger partial charge in [0.15, 0.2) is 11.4 Å². The van der Waals surface area contributed by atoms with Gasteiger partial charge in [0.05, 0.1) is 19.9 Å². The highest BCUT2D eigenvalue weighted by molar-refractivity contribution is 5.99. The summed E-state index contributed by atoms with van der Waals surface area (Å²) in [5.74, 6) is 0.112. The second-order valence-corrected chi connectivity index (χ2v) is 4.26. The van der Waals surface area contributed by atoms with Gasteiger partial charge in [-0.25, -0.2) is 0 Å². The number of aromatic nitrogens is 2. The molecule has 0 unspecified atom stereocenters. The molecule has 0 fully saturated rings. The topological polar surface area (TPSA) is 65.8 Å². The van der Waals surface area contributed by atoms with E-state index in [1.54, 1.807) is 4.68 Å². The molecule has 0 aliphatic heterocycles. The van der Waals surface area contributed by atoms with Gasteiger partial charge in [-0.2, -0.15) is 5.10 Å². The van der Waals surface area contributed by atoms with Crippen LogP contribution >= 0.6 is 0 Å². The Morgan fingerprint density at radius 1 is 1.37 bits per heavy atom. The summed E-state index contributed by atoms with van der Waals surface area (Å²) in [6.07, 6.45) is 0.564. The average molecular weight is 271 g/mol. The lowest BCUT2D eigenvalue weighted by Crippen LogP contribution is -2.29. The maximum Gasteiger partial charge on any atom is 0.240 e. The Morgan fingerprint density at radius 3 is 2.47 bits per heavy atom. The Labute approximate surface area is 113 Å². The number of ether oxygens (including phenoxy) is 3. The van der Waals surface area contributed by atoms with Crippen molar-refractivity contribution in [3.05, 3.63) is 11.9 Å². The van der Waals surface area contributed by atoms with E-state index >= 15 is 0 Å². The monoisotopic (exact) mass is 271 g/mol. The molecule has 1 heterocycles. The van der Waals surface area contributed by atoms with Crippen LogP contribution < -0.4 is 4.74 Å². The summed E-state index contributed by atoms with van der Waals surface area (Å²) < 4.78 is 16.7. The van der Waals surface area contributed by atoms with Gasteiger partial charge in [0.2, 0.25) is 12.1 Å². The fourth-order valence-corrected chi connectivity index (χ4v) is 1.65. The molecule has 1 aromatic rings. The van der Waals surface area contributed by atoms with Gasteiger partial charge in [-0.1, -0.05) is 0 Å². The predicted octanol–water partition coefficient (Wildman–Crippen LogP) is 0.255. The van der Waals surface area contributed by atoms with E-state index in [2.05, 4.69) is 5.10 Å². The van der Waals surface area contributed by atoms with Gasteiger partial charge in [0.25, 0.3) is 0 Å². The molecular formula is C12H21N3O4. The lowest BCUT2D eigenvalue weighted by Gasteiger charge is -2.15. The van der Waals surface area contributed by atoms with Crippen LogP contribution in [0.3, 0.4) is 0 Å². The highest BCUT2D eigenvalue weighted by Gasteiger charge is 2.27. The van der Waals surface area contributed by atoms with Crippen molar-refractivity contribution in [3.8, 4) is 5.75 Å². The number of carbonyl (C=O) groups is 1. The number of likely N-dealkylation sites (N-methyl/N-ethyl adjacent to an activating group) is 1. The molecule has 0 aliphatic rings. The maximum atomic E-state index is 12.3. The number of carbonyl (C=O) groups excluding carboxylic acids is 1. The van der Waals surface area contributed by atoms with Crippen LogP contribution in [-0.4, -0.2) is 68.7 Å². The van der Waals surface area contributed by atoms with Crippen LogP contribution in [0.5, 0.6) is 5.75 Å². The van der Waals surface area contributed by atoms with Gasteiger partial charge < -0.3 is 19.1 Å². The predicted molar refractivity (Wildman–Crippen MR) is 69.5 cm³/mol. The zero-order valence-electron chi connectivity index (χ0n) is 12.0. The van der Waals surface area contributed by atoms with Gasteiger partial charge >= 0.3 is 0 Å². The fraction of sp³-hybridized carbons (Fsp3) is 0.667. The summed E-state index contributed by atoms with van der Waals surface area (Å²) in [7, 11) is 8.24. The number of methoxy groups -OCH3 is 3. The molecule has 0 saturated heterocycles. The zero-order valence-corrected chi connectivity index (χ0v) is 12.0. The summed E-state index contributed by atoms with van der Waals surface area (Å²) in [6.45, 7) is 1.34. The fourth-order valence-electron chi connectivity index (χ4n) is 1.65. The largest absolute Gasteiger partial charge is 0.493 e. The first-order chi connectivity index (χ1) is 9.04. The van der Waals surface area contributed by atoms with Crippen molar-refractivity contribution >= 4 is 5.78 Å². The Kier molecular flexibility index (Phi) is 5.94. The first kappa shape index (κ1) is 15.6. The molecule has 1 rings (SSSR count). The van der Waals surface area contributed by atoms with E-state index in [0.29, 0.717) is 18.0 Å². The average Bonchev–Trinajstić information content (AvgIpc) is 2.80. The molecule has 0 aromatic carbocycles. The van der Waals surface area contributed by atoms with Gasteiger partial charge in [0, 0.05) is 20.8 Å². The molecule has 0 saturated carbocycles. The first-order valence-electron chi connectivity index (χ1n) is 5.89. The third kappa shape index (κ3) is 3.76. The Balaban J connectivity index is 3.01. The molecule has 0 N–H and O–H groups in total. The summed E-state index contributed by atoms with van der Waals surface area (Å²) >= 11 is 0. The number of Topliss-reactive ketones (excluding diaryl/α,β-unsaturated/α-hetero) is 1. The van der Waals surface area contributed by atoms with Crippen molar-refractivity contribution in [2.45, 2.75) is 12.8 Å². The SMILES string of the molecule is COc1cnn(CCN(C)C)c1C(=O)C(OC)OC. The maximum absolute atomic E-state index is 12.3. The highest BCUT2D eigenvalue weighted by atomic mass is 16.7. The van der Waals surface area contributed by atoms with Crippen LogP contribution in [0.25, 0.3) is 0 Å². The smallest absolute Gasteiger partial charge is 0.240 e. The van der Waals surface area contributed by atoms with Crippen LogP contribution in [0.15, 0.2) is 6.20 Å². The number of ketones is 1. The van der Waals surface area contributed by atoms with Crippen molar-refractivity contribution in [2.24, 2.45) is 0 Å². The minimum absolute atomic E-state index is 0.307. The number of nitrogens with zero attached hydrogens (tertiary/aromatic N) is 3. The molecule has 0 atom stereocenters. The summed E-state index contributed by atoms with van der Waals surface area (Å²) in [5, 5.41) is 4.16. The summed E-state index contributed by atoms with van der Waals surface area (Å²) in [5.41, 5.74) is 0.359. The summed E-state index contributed by atoms with van der Waals surface area (Å²) in [6, 6.07) is 0. The molecule has 7 nitrogen and oxygen atoms in total. The van der Waals surface area contributed by atoms with Crippen molar-refractivity contribution in [2.75, 3.05) is 42.0 Å². The molecule has 0 amide bonds. The van der Waals surface area contributed by atoms with Gasteiger partial charge in [-0.3, -0.25) is 9.48 Å². The van der Waals surface area contributed by atoms with Gasteiger partial charge in [0.1, 0.15) is 0 Å². The zero-order chi connectivity index (χ0) is 14.4. The summed E-state index contributed by atoms with van der Waals surface area (Å²) in [4.78, 5) is 14.3. The van der Waals surface area contributed by atoms with Crippen molar-refractivity contribution in [3.63, 3.8) is 0 Å². The van der Waals surface area contributed by atoms with E-state index in [0.717, 1.165) is 6.54 Å². The van der Waals surface area contributed by atoms with Crippen LogP contribution in [0.1, 0.15) is 10.5 Å². The van der Waals surface area contributed by atoms with E-state index in [-0.39, 0.29) is 5.78 Å². The standard InChI is InChI=1S/C12H21N3O4/c1-14(2)6-7-15-10(9(17-3)8-13-15)11(16)12(18-4)19-5/h8,12H,6-7H2,1-5H3. The van der Waals surface area contributed by atoms with E-state index < -0.39 is 6.29 Å². The van der Waals surface area contributed by atoms with Crippen molar-refractivity contribution in [1.82, 2.24) is 14.7 Å². The number of rotatable bonds is 8. The molecular weight excluding hydrogens is 250 g/mol. The highest BCUT2D eigenvalue weighted by Crippen LogP contribution is 2.20. The van der Waals surface area contributed by atoms with E-state index in [1.165, 1.54) is 27.5 Å². The molecule has 0 aliphatic carbocycles. The molecule has 7 heteroatoms. The molecule has 19 heavy (non-hydrogen) atoms. The van der Waals surface area contributed by atoms with Crippen LogP contribution in [0.4, 0.5) is 0 Å². The molecule has 0 spiro atoms. The van der Waals surface area contributed by atoms with E-state index in [9.17, 15) is 4.79 Å². The second kappa shape index (κ2) is 7.22. The molecule has 0 bridgehead atoms. The van der Waals surface area contributed by atoms with Gasteiger partial charge in [-0.05, 0) is 14.1 Å². The third-order valence-corrected chi connectivity index (χ3v) is 2.66. The molecule has 1 aromatic heterocycles. The third-order valence-electron chi connectivity index (χ3n) is 2.66. The van der Waals surface area contributed by atoms with E-state index in [1.807, 2.05) is 19.0 Å². The minimum Gasteiger partial charge on any atom is -0.493 e. The van der Waals surface area contributed by atoms with E-state index in [4.69, 9.17) is 14.2 Å². The second-order valence-electron chi connectivity index (χ2n) is 4.26.